The van der Waals surface area contributed by atoms with Crippen LogP contribution in [0.25, 0.3) is 11.3 Å². The van der Waals surface area contributed by atoms with Gasteiger partial charge < -0.3 is 0 Å². The first-order chi connectivity index (χ1) is 12.4. The third-order valence-electron chi connectivity index (χ3n) is 4.28. The molecule has 0 spiro atoms. The molecule has 1 aliphatic carbocycles. The van der Waals surface area contributed by atoms with E-state index in [1.807, 2.05) is 28.3 Å². The fraction of sp³-hybridized carbons (Fsp3) is 0.368. The van der Waals surface area contributed by atoms with Crippen LogP contribution in [0.4, 0.5) is 5.13 Å². The number of anilines is 1. The SMILES string of the molecule is CC(C)(C)n1nc(C(=O)Nc2nc(-c3cccnc3)cs2)cc1C1CC1. The highest BCUT2D eigenvalue weighted by molar-refractivity contribution is 7.14. The molecule has 3 aromatic rings. The lowest BCUT2D eigenvalue weighted by Crippen LogP contribution is -2.25. The number of rotatable bonds is 4. The second kappa shape index (κ2) is 6.32. The van der Waals surface area contributed by atoms with Crippen LogP contribution < -0.4 is 5.32 Å². The number of pyridine rings is 1. The quantitative estimate of drug-likeness (QED) is 0.747. The molecule has 7 heteroatoms. The molecule has 3 aromatic heterocycles. The molecule has 3 heterocycles. The Hall–Kier alpha value is -2.54. The van der Waals surface area contributed by atoms with Crippen LogP contribution in [0, 0.1) is 0 Å². The van der Waals surface area contributed by atoms with E-state index in [1.165, 1.54) is 24.2 Å². The molecule has 0 aromatic carbocycles. The van der Waals surface area contributed by atoms with Gasteiger partial charge in [0.25, 0.3) is 5.91 Å². The van der Waals surface area contributed by atoms with Crippen LogP contribution in [-0.2, 0) is 5.54 Å². The molecule has 0 bridgehead atoms. The summed E-state index contributed by atoms with van der Waals surface area (Å²) in [6.07, 6.45) is 5.82. The predicted octanol–water partition coefficient (Wildman–Crippen LogP) is 4.29. The van der Waals surface area contributed by atoms with E-state index in [4.69, 9.17) is 0 Å². The molecule has 0 atom stereocenters. The summed E-state index contributed by atoms with van der Waals surface area (Å²) in [6, 6.07) is 5.74. The van der Waals surface area contributed by atoms with E-state index < -0.39 is 0 Å². The maximum atomic E-state index is 12.7. The monoisotopic (exact) mass is 367 g/mol. The summed E-state index contributed by atoms with van der Waals surface area (Å²) in [5.41, 5.74) is 3.18. The summed E-state index contributed by atoms with van der Waals surface area (Å²) in [5.74, 6) is 0.308. The molecule has 0 unspecified atom stereocenters. The number of aromatic nitrogens is 4. The van der Waals surface area contributed by atoms with Crippen LogP contribution in [0.5, 0.6) is 0 Å². The first kappa shape index (κ1) is 16.9. The summed E-state index contributed by atoms with van der Waals surface area (Å²) in [7, 11) is 0. The fourth-order valence-corrected chi connectivity index (χ4v) is 3.57. The molecule has 0 saturated heterocycles. The van der Waals surface area contributed by atoms with Crippen molar-refractivity contribution >= 4 is 22.4 Å². The molecule has 26 heavy (non-hydrogen) atoms. The minimum atomic E-state index is -0.220. The van der Waals surface area contributed by atoms with E-state index in [1.54, 1.807) is 12.4 Å². The molecular formula is C19H21N5OS. The fourth-order valence-electron chi connectivity index (χ4n) is 2.85. The van der Waals surface area contributed by atoms with Crippen molar-refractivity contribution in [2.45, 2.75) is 45.1 Å². The standard InChI is InChI=1S/C19H21N5OS/c1-19(2,3)24-16(12-6-7-12)9-14(23-24)17(25)22-18-21-15(11-26-18)13-5-4-8-20-10-13/h4-5,8-12H,6-7H2,1-3H3,(H,21,22,25). The molecule has 1 aliphatic rings. The zero-order valence-corrected chi connectivity index (χ0v) is 15.9. The molecule has 6 nitrogen and oxygen atoms in total. The number of thiazole rings is 1. The lowest BCUT2D eigenvalue weighted by molar-refractivity contribution is 0.102. The van der Waals surface area contributed by atoms with Gasteiger partial charge in [0, 0.05) is 34.9 Å². The zero-order chi connectivity index (χ0) is 18.3. The van der Waals surface area contributed by atoms with E-state index in [0.29, 0.717) is 16.7 Å². The van der Waals surface area contributed by atoms with Gasteiger partial charge in [-0.2, -0.15) is 5.10 Å². The van der Waals surface area contributed by atoms with Gasteiger partial charge in [0.1, 0.15) is 0 Å². The normalized spacial score (nSPS) is 14.4. The van der Waals surface area contributed by atoms with E-state index in [-0.39, 0.29) is 11.4 Å². The Morgan fingerprint density at radius 1 is 1.35 bits per heavy atom. The predicted molar refractivity (Wildman–Crippen MR) is 102 cm³/mol. The number of nitrogens with zero attached hydrogens (tertiary/aromatic N) is 4. The summed E-state index contributed by atoms with van der Waals surface area (Å²) < 4.78 is 1.99. The van der Waals surface area contributed by atoms with Gasteiger partial charge in [0.15, 0.2) is 10.8 Å². The summed E-state index contributed by atoms with van der Waals surface area (Å²) in [5, 5.41) is 9.92. The maximum Gasteiger partial charge on any atom is 0.277 e. The Morgan fingerprint density at radius 2 is 2.15 bits per heavy atom. The van der Waals surface area contributed by atoms with Crippen molar-refractivity contribution < 1.29 is 4.79 Å². The first-order valence-electron chi connectivity index (χ1n) is 8.69. The average Bonchev–Trinajstić information content (AvgIpc) is 3.17. The third-order valence-corrected chi connectivity index (χ3v) is 5.04. The van der Waals surface area contributed by atoms with Gasteiger partial charge in [-0.15, -0.1) is 11.3 Å². The second-order valence-electron chi connectivity index (χ2n) is 7.55. The highest BCUT2D eigenvalue weighted by Gasteiger charge is 2.32. The molecule has 1 saturated carbocycles. The van der Waals surface area contributed by atoms with Gasteiger partial charge in [-0.05, 0) is 51.8 Å². The average molecular weight is 367 g/mol. The molecule has 1 amide bonds. The Kier molecular flexibility index (Phi) is 4.11. The summed E-state index contributed by atoms with van der Waals surface area (Å²) in [6.45, 7) is 6.32. The summed E-state index contributed by atoms with van der Waals surface area (Å²) >= 11 is 1.40. The molecule has 0 radical (unpaired) electrons. The first-order valence-corrected chi connectivity index (χ1v) is 9.57. The number of hydrogen-bond acceptors (Lipinski definition) is 5. The number of carbonyl (C=O) groups is 1. The number of hydrogen-bond donors (Lipinski definition) is 1. The number of carbonyl (C=O) groups excluding carboxylic acids is 1. The Bertz CT molecular complexity index is 934. The largest absolute Gasteiger partial charge is 0.296 e. The maximum absolute atomic E-state index is 12.7. The van der Waals surface area contributed by atoms with Crippen molar-refractivity contribution in [3.63, 3.8) is 0 Å². The minimum absolute atomic E-state index is 0.148. The molecule has 4 rings (SSSR count). The summed E-state index contributed by atoms with van der Waals surface area (Å²) in [4.78, 5) is 21.2. The van der Waals surface area contributed by atoms with Crippen LogP contribution in [0.15, 0.2) is 36.0 Å². The van der Waals surface area contributed by atoms with Gasteiger partial charge in [-0.25, -0.2) is 4.98 Å². The van der Waals surface area contributed by atoms with Crippen molar-refractivity contribution in [1.29, 1.82) is 0 Å². The van der Waals surface area contributed by atoms with Crippen molar-refractivity contribution in [3.8, 4) is 11.3 Å². The highest BCUT2D eigenvalue weighted by Crippen LogP contribution is 2.41. The Morgan fingerprint density at radius 3 is 2.81 bits per heavy atom. The third kappa shape index (κ3) is 3.39. The van der Waals surface area contributed by atoms with Gasteiger partial charge in [-0.3, -0.25) is 19.8 Å². The Labute approximate surface area is 156 Å². The van der Waals surface area contributed by atoms with E-state index >= 15 is 0 Å². The minimum Gasteiger partial charge on any atom is -0.296 e. The van der Waals surface area contributed by atoms with Crippen LogP contribution in [0.3, 0.4) is 0 Å². The molecular weight excluding hydrogens is 346 g/mol. The van der Waals surface area contributed by atoms with Crippen LogP contribution in [0.1, 0.15) is 55.7 Å². The number of amides is 1. The number of nitrogens with one attached hydrogen (secondary N) is 1. The van der Waals surface area contributed by atoms with E-state index in [0.717, 1.165) is 17.0 Å². The van der Waals surface area contributed by atoms with Gasteiger partial charge in [-0.1, -0.05) is 0 Å². The zero-order valence-electron chi connectivity index (χ0n) is 15.1. The molecule has 1 N–H and O–H groups in total. The Balaban J connectivity index is 1.55. The van der Waals surface area contributed by atoms with Crippen molar-refractivity contribution in [2.75, 3.05) is 5.32 Å². The van der Waals surface area contributed by atoms with Crippen LogP contribution in [0.2, 0.25) is 0 Å². The molecule has 1 fully saturated rings. The lowest BCUT2D eigenvalue weighted by atomic mass is 10.1. The topological polar surface area (TPSA) is 72.7 Å². The van der Waals surface area contributed by atoms with E-state index in [2.05, 4.69) is 41.2 Å². The van der Waals surface area contributed by atoms with E-state index in [9.17, 15) is 4.79 Å². The molecule has 134 valence electrons. The molecule has 0 aliphatic heterocycles. The van der Waals surface area contributed by atoms with Gasteiger partial charge in [0.05, 0.1) is 11.2 Å². The highest BCUT2D eigenvalue weighted by atomic mass is 32.1. The van der Waals surface area contributed by atoms with Gasteiger partial charge >= 0.3 is 0 Å². The van der Waals surface area contributed by atoms with Crippen molar-refractivity contribution in [1.82, 2.24) is 19.7 Å². The van der Waals surface area contributed by atoms with Crippen LogP contribution >= 0.6 is 11.3 Å². The van der Waals surface area contributed by atoms with Crippen molar-refractivity contribution in [2.24, 2.45) is 0 Å². The smallest absolute Gasteiger partial charge is 0.277 e. The van der Waals surface area contributed by atoms with Crippen molar-refractivity contribution in [3.05, 3.63) is 47.4 Å². The van der Waals surface area contributed by atoms with Gasteiger partial charge in [0.2, 0.25) is 0 Å². The second-order valence-corrected chi connectivity index (χ2v) is 8.40. The van der Waals surface area contributed by atoms with Crippen LogP contribution in [-0.4, -0.2) is 25.7 Å². The lowest BCUT2D eigenvalue weighted by Gasteiger charge is -2.22.